The molecule has 3 rings (SSSR count). The number of H-pyrrole nitrogens is 1. The zero-order chi connectivity index (χ0) is 14.8. The summed E-state index contributed by atoms with van der Waals surface area (Å²) >= 11 is 12.3. The maximum atomic E-state index is 5.35. The van der Waals surface area contributed by atoms with Gasteiger partial charge in [0, 0.05) is 22.4 Å². The molecule has 0 aliphatic rings. The van der Waals surface area contributed by atoms with Crippen molar-refractivity contribution in [3.05, 3.63) is 62.4 Å². The maximum absolute atomic E-state index is 5.35. The summed E-state index contributed by atoms with van der Waals surface area (Å²) < 4.78 is 2.20. The fraction of sp³-hybridized carbons (Fsp3) is 0. The Labute approximate surface area is 143 Å². The minimum Gasteiger partial charge on any atom is -0.338 e. The van der Waals surface area contributed by atoms with Crippen LogP contribution in [0.5, 0.6) is 0 Å². The van der Waals surface area contributed by atoms with Crippen LogP contribution in [0.2, 0.25) is 0 Å². The molecule has 1 aromatic carbocycles. The van der Waals surface area contributed by atoms with E-state index >= 15 is 0 Å². The number of nitrogens with zero attached hydrogens (tertiary/aromatic N) is 2. The predicted octanol–water partition coefficient (Wildman–Crippen LogP) is 5.39. The number of rotatable bonds is 2. The monoisotopic (exact) mass is 421 g/mol. The van der Waals surface area contributed by atoms with E-state index in [1.165, 1.54) is 0 Å². The molecule has 0 aliphatic carbocycles. The summed E-state index contributed by atoms with van der Waals surface area (Å²) in [7, 11) is 0. The first-order valence-corrected chi connectivity index (χ1v) is 8.11. The van der Waals surface area contributed by atoms with Gasteiger partial charge in [0.2, 0.25) is 0 Å². The first kappa shape index (κ1) is 14.6. The van der Waals surface area contributed by atoms with Crippen LogP contribution in [0.15, 0.2) is 57.7 Å². The lowest BCUT2D eigenvalue weighted by molar-refractivity contribution is 1.14. The molecule has 0 atom stereocenters. The smallest absolute Gasteiger partial charge is 0.144 e. The summed E-state index contributed by atoms with van der Waals surface area (Å²) in [4.78, 5) is 11.9. The average molecular weight is 423 g/mol. The van der Waals surface area contributed by atoms with Gasteiger partial charge in [0.15, 0.2) is 0 Å². The minimum absolute atomic E-state index is 0.516. The van der Waals surface area contributed by atoms with Gasteiger partial charge in [0.25, 0.3) is 0 Å². The van der Waals surface area contributed by atoms with Crippen molar-refractivity contribution in [2.24, 2.45) is 0 Å². The van der Waals surface area contributed by atoms with Gasteiger partial charge in [-0.1, -0.05) is 42.5 Å². The van der Waals surface area contributed by atoms with E-state index < -0.39 is 0 Å². The van der Waals surface area contributed by atoms with Gasteiger partial charge in [0.05, 0.1) is 10.2 Å². The molecule has 3 aromatic rings. The molecule has 0 unspecified atom stereocenters. The van der Waals surface area contributed by atoms with Crippen LogP contribution in [0.4, 0.5) is 0 Å². The molecule has 0 radical (unpaired) electrons. The zero-order valence-corrected chi connectivity index (χ0v) is 14.7. The SMILES string of the molecule is S=c1nc(-c2cncc(Br)c2)[nH]c(-c2ccccc2)c1Br. The summed E-state index contributed by atoms with van der Waals surface area (Å²) in [5.74, 6) is 0.691. The van der Waals surface area contributed by atoms with Gasteiger partial charge in [-0.2, -0.15) is 0 Å². The first-order chi connectivity index (χ1) is 10.1. The lowest BCUT2D eigenvalue weighted by Gasteiger charge is -2.09. The zero-order valence-electron chi connectivity index (χ0n) is 10.7. The number of aromatic nitrogens is 3. The van der Waals surface area contributed by atoms with Crippen molar-refractivity contribution in [1.82, 2.24) is 15.0 Å². The van der Waals surface area contributed by atoms with Gasteiger partial charge < -0.3 is 4.98 Å². The lowest BCUT2D eigenvalue weighted by Crippen LogP contribution is -1.95. The Morgan fingerprint density at radius 1 is 1.00 bits per heavy atom. The topological polar surface area (TPSA) is 41.6 Å². The highest BCUT2D eigenvalue weighted by Crippen LogP contribution is 2.29. The van der Waals surface area contributed by atoms with Gasteiger partial charge >= 0.3 is 0 Å². The molecule has 104 valence electrons. The summed E-state index contributed by atoms with van der Waals surface area (Å²) in [6.07, 6.45) is 3.48. The quantitative estimate of drug-likeness (QED) is 0.562. The number of pyridine rings is 1. The molecule has 0 fully saturated rings. The Hall–Kier alpha value is -1.37. The first-order valence-electron chi connectivity index (χ1n) is 6.11. The molecule has 21 heavy (non-hydrogen) atoms. The number of halogens is 2. The third-order valence-electron chi connectivity index (χ3n) is 2.90. The van der Waals surface area contributed by atoms with Gasteiger partial charge in [-0.3, -0.25) is 4.98 Å². The van der Waals surface area contributed by atoms with Crippen molar-refractivity contribution in [3.63, 3.8) is 0 Å². The molecule has 0 bridgehead atoms. The highest BCUT2D eigenvalue weighted by Gasteiger charge is 2.10. The second kappa shape index (κ2) is 6.17. The Bertz CT molecular complexity index is 847. The van der Waals surface area contributed by atoms with Gasteiger partial charge in [0.1, 0.15) is 10.5 Å². The van der Waals surface area contributed by atoms with Crippen LogP contribution in [0.1, 0.15) is 0 Å². The fourth-order valence-corrected chi connectivity index (χ4v) is 2.92. The van der Waals surface area contributed by atoms with E-state index in [4.69, 9.17) is 12.2 Å². The van der Waals surface area contributed by atoms with Crippen molar-refractivity contribution in [3.8, 4) is 22.6 Å². The number of hydrogen-bond acceptors (Lipinski definition) is 3. The predicted molar refractivity (Wildman–Crippen MR) is 93.5 cm³/mol. The Morgan fingerprint density at radius 2 is 1.76 bits per heavy atom. The van der Waals surface area contributed by atoms with Crippen LogP contribution in [-0.4, -0.2) is 15.0 Å². The van der Waals surface area contributed by atoms with Gasteiger partial charge in [-0.05, 0) is 43.5 Å². The Kier molecular flexibility index (Phi) is 4.28. The molecule has 1 N–H and O–H groups in total. The Balaban J connectivity index is 2.21. The molecule has 3 nitrogen and oxygen atoms in total. The second-order valence-corrected chi connectivity index (χ2v) is 6.43. The fourth-order valence-electron chi connectivity index (χ4n) is 1.94. The van der Waals surface area contributed by atoms with E-state index in [2.05, 4.69) is 46.8 Å². The lowest BCUT2D eigenvalue weighted by atomic mass is 10.1. The number of nitrogens with one attached hydrogen (secondary N) is 1. The van der Waals surface area contributed by atoms with E-state index in [-0.39, 0.29) is 0 Å². The Morgan fingerprint density at radius 3 is 2.48 bits per heavy atom. The molecular weight excluding hydrogens is 414 g/mol. The van der Waals surface area contributed by atoms with Crippen molar-refractivity contribution in [2.75, 3.05) is 0 Å². The molecular formula is C15H9Br2N3S. The molecule has 0 saturated carbocycles. The van der Waals surface area contributed by atoms with Crippen molar-refractivity contribution >= 4 is 44.1 Å². The molecule has 0 spiro atoms. The molecule has 2 heterocycles. The van der Waals surface area contributed by atoms with Crippen molar-refractivity contribution in [1.29, 1.82) is 0 Å². The van der Waals surface area contributed by atoms with E-state index in [1.54, 1.807) is 12.4 Å². The minimum atomic E-state index is 0.516. The summed E-state index contributed by atoms with van der Waals surface area (Å²) in [5, 5.41) is 0. The van der Waals surface area contributed by atoms with Gasteiger partial charge in [-0.15, -0.1) is 0 Å². The van der Waals surface area contributed by atoms with Crippen molar-refractivity contribution in [2.45, 2.75) is 0 Å². The van der Waals surface area contributed by atoms with Crippen LogP contribution in [0.25, 0.3) is 22.6 Å². The van der Waals surface area contributed by atoms with E-state index in [9.17, 15) is 0 Å². The number of aromatic amines is 1. The third-order valence-corrected chi connectivity index (χ3v) is 4.67. The van der Waals surface area contributed by atoms with E-state index in [0.717, 1.165) is 25.8 Å². The van der Waals surface area contributed by atoms with E-state index in [0.29, 0.717) is 10.5 Å². The molecule has 0 amide bonds. The second-order valence-electron chi connectivity index (χ2n) is 4.34. The molecule has 0 saturated heterocycles. The molecule has 0 aliphatic heterocycles. The van der Waals surface area contributed by atoms with Crippen LogP contribution < -0.4 is 0 Å². The normalized spacial score (nSPS) is 10.6. The number of benzene rings is 1. The number of hydrogen-bond donors (Lipinski definition) is 1. The van der Waals surface area contributed by atoms with E-state index in [1.807, 2.05) is 36.4 Å². The standard InChI is InChI=1S/C15H9Br2N3S/c16-11-6-10(7-18-8-11)14-19-13(12(17)15(21)20-14)9-4-2-1-3-5-9/h1-8H,(H,19,20,21). The highest BCUT2D eigenvalue weighted by atomic mass is 79.9. The summed E-state index contributed by atoms with van der Waals surface area (Å²) in [5.41, 5.74) is 2.83. The summed E-state index contributed by atoms with van der Waals surface area (Å²) in [6, 6.07) is 11.9. The van der Waals surface area contributed by atoms with Crippen molar-refractivity contribution < 1.29 is 0 Å². The van der Waals surface area contributed by atoms with Gasteiger partial charge in [-0.25, -0.2) is 4.98 Å². The van der Waals surface area contributed by atoms with Crippen LogP contribution in [0, 0.1) is 4.64 Å². The molecule has 6 heteroatoms. The van der Waals surface area contributed by atoms with Crippen LogP contribution in [0.3, 0.4) is 0 Å². The maximum Gasteiger partial charge on any atom is 0.144 e. The average Bonchev–Trinajstić information content (AvgIpc) is 2.51. The highest BCUT2D eigenvalue weighted by molar-refractivity contribution is 9.10. The van der Waals surface area contributed by atoms with Crippen LogP contribution >= 0.6 is 44.1 Å². The van der Waals surface area contributed by atoms with Crippen LogP contribution in [-0.2, 0) is 0 Å². The third kappa shape index (κ3) is 3.12. The largest absolute Gasteiger partial charge is 0.338 e. The molecule has 2 aromatic heterocycles. The summed E-state index contributed by atoms with van der Waals surface area (Å²) in [6.45, 7) is 0.